The summed E-state index contributed by atoms with van der Waals surface area (Å²) in [5, 5.41) is 13.5. The third-order valence-electron chi connectivity index (χ3n) is 3.87. The predicted molar refractivity (Wildman–Crippen MR) is 72.1 cm³/mol. The van der Waals surface area contributed by atoms with Crippen molar-refractivity contribution in [3.05, 3.63) is 17.5 Å². The van der Waals surface area contributed by atoms with Crippen molar-refractivity contribution >= 4 is 5.97 Å². The molecule has 0 amide bonds. The van der Waals surface area contributed by atoms with Gasteiger partial charge in [0, 0.05) is 19.7 Å². The van der Waals surface area contributed by atoms with Gasteiger partial charge in [0.15, 0.2) is 5.76 Å². The number of piperidine rings is 1. The highest BCUT2D eigenvalue weighted by Gasteiger charge is 2.42. The zero-order valence-corrected chi connectivity index (χ0v) is 12.3. The molecule has 0 spiro atoms. The van der Waals surface area contributed by atoms with Gasteiger partial charge in [-0.2, -0.15) is 0 Å². The Kier molecular flexibility index (Phi) is 4.45. The minimum absolute atomic E-state index is 0.233. The Morgan fingerprint density at radius 2 is 2.40 bits per heavy atom. The van der Waals surface area contributed by atoms with Crippen molar-refractivity contribution in [1.29, 1.82) is 0 Å². The van der Waals surface area contributed by atoms with Gasteiger partial charge >= 0.3 is 5.97 Å². The molecule has 112 valence electrons. The molecule has 20 heavy (non-hydrogen) atoms. The van der Waals surface area contributed by atoms with Gasteiger partial charge in [-0.25, -0.2) is 0 Å². The van der Waals surface area contributed by atoms with Crippen LogP contribution in [0.25, 0.3) is 0 Å². The zero-order valence-electron chi connectivity index (χ0n) is 12.3. The monoisotopic (exact) mass is 282 g/mol. The molecule has 1 aromatic heterocycles. The van der Waals surface area contributed by atoms with Crippen molar-refractivity contribution in [2.24, 2.45) is 5.41 Å². The average molecular weight is 282 g/mol. The van der Waals surface area contributed by atoms with Crippen molar-refractivity contribution < 1.29 is 19.2 Å². The molecule has 1 aliphatic heterocycles. The van der Waals surface area contributed by atoms with Gasteiger partial charge in [-0.05, 0) is 24.8 Å². The van der Waals surface area contributed by atoms with Crippen LogP contribution in [0.5, 0.6) is 0 Å². The number of likely N-dealkylation sites (tertiary alicyclic amines) is 1. The van der Waals surface area contributed by atoms with Crippen molar-refractivity contribution in [3.63, 3.8) is 0 Å². The summed E-state index contributed by atoms with van der Waals surface area (Å²) < 4.78 is 10.1. The van der Waals surface area contributed by atoms with Gasteiger partial charge < -0.3 is 14.4 Å². The Labute approximate surface area is 118 Å². The Balaban J connectivity index is 2.11. The molecule has 1 fully saturated rings. The van der Waals surface area contributed by atoms with E-state index in [1.807, 2.05) is 24.8 Å². The van der Waals surface area contributed by atoms with Crippen LogP contribution in [0.4, 0.5) is 0 Å². The molecular weight excluding hydrogens is 260 g/mol. The second-order valence-corrected chi connectivity index (χ2v) is 6.02. The first kappa shape index (κ1) is 15.0. The molecule has 6 nitrogen and oxygen atoms in total. The summed E-state index contributed by atoms with van der Waals surface area (Å²) >= 11 is 0. The summed E-state index contributed by atoms with van der Waals surface area (Å²) in [5.74, 6) is -0.110. The van der Waals surface area contributed by atoms with Gasteiger partial charge in [0.05, 0.1) is 5.69 Å². The lowest BCUT2D eigenvalue weighted by Crippen LogP contribution is -2.53. The van der Waals surface area contributed by atoms with Crippen LogP contribution in [0.3, 0.4) is 0 Å². The topological polar surface area (TPSA) is 75.8 Å². The molecule has 1 unspecified atom stereocenters. The fraction of sp³-hybridized carbons (Fsp3) is 0.714. The maximum Gasteiger partial charge on any atom is 0.321 e. The summed E-state index contributed by atoms with van der Waals surface area (Å²) in [5.41, 5.74) is 0.518. The van der Waals surface area contributed by atoms with Crippen LogP contribution in [0.2, 0.25) is 0 Å². The largest absolute Gasteiger partial charge is 0.480 e. The molecule has 0 saturated carbocycles. The van der Waals surface area contributed by atoms with Gasteiger partial charge in [-0.3, -0.25) is 9.69 Å². The standard InChI is InChI=1S/C14H22N2O4/c1-14(2)5-4-6-16(12(14)13(17)18)8-10-7-11(9-19-3)20-15-10/h7,12H,4-6,8-9H2,1-3H3,(H,17,18). The van der Waals surface area contributed by atoms with E-state index in [-0.39, 0.29) is 5.41 Å². The highest BCUT2D eigenvalue weighted by atomic mass is 16.5. The van der Waals surface area contributed by atoms with Crippen LogP contribution < -0.4 is 0 Å². The number of hydrogen-bond donors (Lipinski definition) is 1. The summed E-state index contributed by atoms with van der Waals surface area (Å²) in [6.07, 6.45) is 1.92. The molecule has 0 bridgehead atoms. The minimum Gasteiger partial charge on any atom is -0.480 e. The van der Waals surface area contributed by atoms with Crippen LogP contribution in [-0.4, -0.2) is 40.8 Å². The fourth-order valence-electron chi connectivity index (χ4n) is 3.01. The van der Waals surface area contributed by atoms with Crippen molar-refractivity contribution in [2.45, 2.75) is 45.9 Å². The number of methoxy groups -OCH3 is 1. The Morgan fingerprint density at radius 1 is 1.65 bits per heavy atom. The Bertz CT molecular complexity index is 469. The van der Waals surface area contributed by atoms with Gasteiger partial charge in [0.25, 0.3) is 0 Å². The van der Waals surface area contributed by atoms with Crippen molar-refractivity contribution in [2.75, 3.05) is 13.7 Å². The van der Waals surface area contributed by atoms with E-state index in [1.165, 1.54) is 0 Å². The molecule has 6 heteroatoms. The molecule has 0 aliphatic carbocycles. The summed E-state index contributed by atoms with van der Waals surface area (Å²) in [7, 11) is 1.59. The van der Waals surface area contributed by atoms with Crippen molar-refractivity contribution in [1.82, 2.24) is 10.1 Å². The highest BCUT2D eigenvalue weighted by molar-refractivity contribution is 5.74. The Hall–Kier alpha value is -1.40. The Morgan fingerprint density at radius 3 is 3.05 bits per heavy atom. The maximum atomic E-state index is 11.6. The molecule has 1 saturated heterocycles. The van der Waals surface area contributed by atoms with Crippen LogP contribution >= 0.6 is 0 Å². The molecule has 0 radical (unpaired) electrons. The fourth-order valence-corrected chi connectivity index (χ4v) is 3.01. The number of nitrogens with zero attached hydrogens (tertiary/aromatic N) is 2. The number of carboxylic acid groups (broad SMARTS) is 1. The number of carboxylic acids is 1. The highest BCUT2D eigenvalue weighted by Crippen LogP contribution is 2.36. The molecule has 1 N–H and O–H groups in total. The molecule has 1 aromatic rings. The van der Waals surface area contributed by atoms with E-state index in [4.69, 9.17) is 9.26 Å². The van der Waals surface area contributed by atoms with Crippen LogP contribution in [0.1, 0.15) is 38.1 Å². The quantitative estimate of drug-likeness (QED) is 0.889. The van der Waals surface area contributed by atoms with E-state index in [1.54, 1.807) is 7.11 Å². The molecule has 2 heterocycles. The lowest BCUT2D eigenvalue weighted by molar-refractivity contribution is -0.151. The lowest BCUT2D eigenvalue weighted by Gasteiger charge is -2.43. The van der Waals surface area contributed by atoms with Crippen molar-refractivity contribution in [3.8, 4) is 0 Å². The van der Waals surface area contributed by atoms with E-state index in [0.717, 1.165) is 25.1 Å². The van der Waals surface area contributed by atoms with E-state index in [0.29, 0.717) is 18.9 Å². The maximum absolute atomic E-state index is 11.6. The normalized spacial score (nSPS) is 22.9. The van der Waals surface area contributed by atoms with Gasteiger partial charge in [0.1, 0.15) is 12.6 Å². The lowest BCUT2D eigenvalue weighted by atomic mass is 9.76. The van der Waals surface area contributed by atoms with E-state index in [2.05, 4.69) is 5.16 Å². The number of hydrogen-bond acceptors (Lipinski definition) is 5. The first-order chi connectivity index (χ1) is 9.44. The van der Waals surface area contributed by atoms with Gasteiger partial charge in [-0.15, -0.1) is 0 Å². The molecular formula is C14H22N2O4. The zero-order chi connectivity index (χ0) is 14.8. The number of aromatic nitrogens is 1. The summed E-state index contributed by atoms with van der Waals surface area (Å²) in [4.78, 5) is 13.5. The summed E-state index contributed by atoms with van der Waals surface area (Å²) in [6.45, 7) is 5.66. The van der Waals surface area contributed by atoms with E-state index in [9.17, 15) is 9.90 Å². The number of carbonyl (C=O) groups is 1. The molecule has 2 rings (SSSR count). The molecule has 1 atom stereocenters. The van der Waals surface area contributed by atoms with Gasteiger partial charge in [0.2, 0.25) is 0 Å². The number of aliphatic carboxylic acids is 1. The first-order valence-electron chi connectivity index (χ1n) is 6.84. The third kappa shape index (κ3) is 3.19. The summed E-state index contributed by atoms with van der Waals surface area (Å²) in [6, 6.07) is 1.34. The second kappa shape index (κ2) is 5.93. The average Bonchev–Trinajstić information content (AvgIpc) is 2.75. The van der Waals surface area contributed by atoms with E-state index >= 15 is 0 Å². The molecule has 1 aliphatic rings. The number of ether oxygens (including phenoxy) is 1. The minimum atomic E-state index is -0.768. The first-order valence-corrected chi connectivity index (χ1v) is 6.84. The van der Waals surface area contributed by atoms with Gasteiger partial charge in [-0.1, -0.05) is 19.0 Å². The SMILES string of the molecule is COCc1cc(CN2CCCC(C)(C)C2C(=O)O)no1. The third-order valence-corrected chi connectivity index (χ3v) is 3.87. The van der Waals surface area contributed by atoms with E-state index < -0.39 is 12.0 Å². The second-order valence-electron chi connectivity index (χ2n) is 6.02. The molecule has 0 aromatic carbocycles. The van der Waals surface area contributed by atoms with Crippen LogP contribution in [0, 0.1) is 5.41 Å². The predicted octanol–water partition coefficient (Wildman–Crippen LogP) is 1.90. The van der Waals surface area contributed by atoms with Crippen LogP contribution in [0.15, 0.2) is 10.6 Å². The van der Waals surface area contributed by atoms with Crippen LogP contribution in [-0.2, 0) is 22.7 Å². The number of rotatable bonds is 5. The smallest absolute Gasteiger partial charge is 0.321 e.